The summed E-state index contributed by atoms with van der Waals surface area (Å²) in [5.41, 5.74) is 0.776. The smallest absolute Gasteiger partial charge is 0.306 e. The van der Waals surface area contributed by atoms with Crippen molar-refractivity contribution < 1.29 is 20.1 Å². The van der Waals surface area contributed by atoms with Crippen LogP contribution in [0.4, 0.5) is 0 Å². The minimum atomic E-state index is -0.749. The molecule has 0 spiro atoms. The Morgan fingerprint density at radius 2 is 1.42 bits per heavy atom. The van der Waals surface area contributed by atoms with Crippen molar-refractivity contribution in [2.75, 3.05) is 0 Å². The summed E-state index contributed by atoms with van der Waals surface area (Å²) in [7, 11) is 0. The molecule has 0 heterocycles. The van der Waals surface area contributed by atoms with Gasteiger partial charge in [0.25, 0.3) is 0 Å². The van der Waals surface area contributed by atoms with Crippen LogP contribution in [0.25, 0.3) is 0 Å². The first-order valence-corrected chi connectivity index (χ1v) is 13.7. The van der Waals surface area contributed by atoms with Crippen LogP contribution in [0.3, 0.4) is 0 Å². The van der Waals surface area contributed by atoms with Crippen molar-refractivity contribution in [3.05, 3.63) is 11.6 Å². The maximum atomic E-state index is 10.9. The minimum absolute atomic E-state index is 0.281. The molecule has 0 bridgehead atoms. The predicted octanol–water partition coefficient (Wildman–Crippen LogP) is 7.23. The lowest BCUT2D eigenvalue weighted by atomic mass is 9.71. The molecule has 0 aromatic rings. The largest absolute Gasteiger partial charge is 0.481 e. The van der Waals surface area contributed by atoms with Gasteiger partial charge in [-0.25, -0.2) is 0 Å². The van der Waals surface area contributed by atoms with Crippen LogP contribution in [-0.2, 0) is 4.79 Å². The van der Waals surface area contributed by atoms with Crippen LogP contribution in [0.5, 0.6) is 0 Å². The Hall–Kier alpha value is -0.870. The fourth-order valence-corrected chi connectivity index (χ4v) is 5.32. The molecule has 0 aromatic heterocycles. The van der Waals surface area contributed by atoms with Gasteiger partial charge in [0.05, 0.1) is 17.6 Å². The molecular weight excluding hydrogens is 412 g/mol. The summed E-state index contributed by atoms with van der Waals surface area (Å²) in [6.45, 7) is 15.1. The number of carbonyl (C=O) groups is 1. The highest BCUT2D eigenvalue weighted by atomic mass is 16.4. The third kappa shape index (κ3) is 11.4. The van der Waals surface area contributed by atoms with E-state index in [2.05, 4.69) is 40.7 Å². The number of allylic oxidation sites excluding steroid dienone is 1. The minimum Gasteiger partial charge on any atom is -0.481 e. The van der Waals surface area contributed by atoms with Crippen LogP contribution in [0.1, 0.15) is 119 Å². The maximum Gasteiger partial charge on any atom is 0.306 e. The second-order valence-corrected chi connectivity index (χ2v) is 11.9. The highest BCUT2D eigenvalue weighted by Gasteiger charge is 2.31. The van der Waals surface area contributed by atoms with Gasteiger partial charge >= 0.3 is 5.97 Å². The van der Waals surface area contributed by atoms with Crippen molar-refractivity contribution >= 4 is 5.97 Å². The zero-order valence-electron chi connectivity index (χ0n) is 22.6. The molecule has 1 rings (SSSR count). The Balaban J connectivity index is 2.19. The molecule has 4 heteroatoms. The van der Waals surface area contributed by atoms with Gasteiger partial charge in [0.2, 0.25) is 0 Å². The van der Waals surface area contributed by atoms with Crippen molar-refractivity contribution in [2.45, 2.75) is 131 Å². The third-order valence-corrected chi connectivity index (χ3v) is 8.63. The SMILES string of the molecule is CC(CCCC(C)CCC1=CC(O)C(C)C(C)C1C)CCC[C@@](C)(O)CCCC(C)C(=O)O. The normalized spacial score (nSPS) is 28.0. The van der Waals surface area contributed by atoms with Gasteiger partial charge < -0.3 is 15.3 Å². The molecule has 0 aromatic carbocycles. The zero-order chi connectivity index (χ0) is 25.2. The molecule has 0 amide bonds. The number of hydrogen-bond donors (Lipinski definition) is 3. The van der Waals surface area contributed by atoms with E-state index in [1.54, 1.807) is 6.92 Å². The third-order valence-electron chi connectivity index (χ3n) is 8.63. The second kappa shape index (κ2) is 14.5. The van der Waals surface area contributed by atoms with Gasteiger partial charge in [-0.05, 0) is 75.0 Å². The quantitative estimate of drug-likeness (QED) is 0.210. The average Bonchev–Trinajstić information content (AvgIpc) is 2.73. The molecule has 8 atom stereocenters. The molecule has 1 aliphatic rings. The number of hydrogen-bond acceptors (Lipinski definition) is 3. The monoisotopic (exact) mass is 466 g/mol. The van der Waals surface area contributed by atoms with E-state index >= 15 is 0 Å². The van der Waals surface area contributed by atoms with Gasteiger partial charge in [0.15, 0.2) is 0 Å². The number of rotatable bonds is 16. The van der Waals surface area contributed by atoms with Gasteiger partial charge in [-0.3, -0.25) is 4.79 Å². The van der Waals surface area contributed by atoms with E-state index in [9.17, 15) is 15.0 Å². The van der Waals surface area contributed by atoms with Crippen molar-refractivity contribution in [2.24, 2.45) is 35.5 Å². The first-order chi connectivity index (χ1) is 15.3. The van der Waals surface area contributed by atoms with Crippen molar-refractivity contribution in [1.29, 1.82) is 0 Å². The standard InChI is InChI=1S/C29H54O4/c1-20(13-9-17-29(7,33)18-10-14-22(3)28(31)32)11-8-12-21(2)15-16-26-19-27(30)25(6)23(4)24(26)5/h19-25,27,30,33H,8-18H2,1-7H3,(H,31,32)/t20?,21?,22?,23?,24?,25?,27?,29-/m1/s1. The summed E-state index contributed by atoms with van der Waals surface area (Å²) in [5.74, 6) is 1.79. The molecule has 0 saturated heterocycles. The Bertz CT molecular complexity index is 596. The van der Waals surface area contributed by atoms with Crippen molar-refractivity contribution in [3.8, 4) is 0 Å². The molecule has 194 valence electrons. The summed E-state index contributed by atoms with van der Waals surface area (Å²) in [4.78, 5) is 10.9. The van der Waals surface area contributed by atoms with E-state index in [1.165, 1.54) is 31.3 Å². The lowest BCUT2D eigenvalue weighted by Gasteiger charge is -2.36. The first-order valence-electron chi connectivity index (χ1n) is 13.7. The molecule has 7 unspecified atom stereocenters. The highest BCUT2D eigenvalue weighted by Crippen LogP contribution is 2.37. The lowest BCUT2D eigenvalue weighted by molar-refractivity contribution is -0.141. The summed E-state index contributed by atoms with van der Waals surface area (Å²) in [6, 6.07) is 0. The summed E-state index contributed by atoms with van der Waals surface area (Å²) in [5, 5.41) is 29.9. The Labute approximate surface area is 204 Å². The van der Waals surface area contributed by atoms with Gasteiger partial charge in [-0.1, -0.05) is 85.3 Å². The topological polar surface area (TPSA) is 77.8 Å². The zero-order valence-corrected chi connectivity index (χ0v) is 22.6. The first kappa shape index (κ1) is 30.2. The fourth-order valence-electron chi connectivity index (χ4n) is 5.32. The Morgan fingerprint density at radius 3 is 2.00 bits per heavy atom. The van der Waals surface area contributed by atoms with Crippen LogP contribution < -0.4 is 0 Å². The van der Waals surface area contributed by atoms with Crippen LogP contribution >= 0.6 is 0 Å². The number of aliphatic hydroxyl groups is 2. The van der Waals surface area contributed by atoms with Gasteiger partial charge in [0.1, 0.15) is 0 Å². The molecular formula is C29H54O4. The average molecular weight is 467 g/mol. The van der Waals surface area contributed by atoms with Gasteiger partial charge in [0, 0.05) is 0 Å². The molecule has 1 aliphatic carbocycles. The molecule has 33 heavy (non-hydrogen) atoms. The summed E-state index contributed by atoms with van der Waals surface area (Å²) >= 11 is 0. The van der Waals surface area contributed by atoms with Crippen LogP contribution in [0.15, 0.2) is 11.6 Å². The summed E-state index contributed by atoms with van der Waals surface area (Å²) < 4.78 is 0. The maximum absolute atomic E-state index is 10.9. The van der Waals surface area contributed by atoms with E-state index < -0.39 is 11.6 Å². The molecule has 3 N–H and O–H groups in total. The van der Waals surface area contributed by atoms with Gasteiger partial charge in [-0.2, -0.15) is 0 Å². The lowest BCUT2D eigenvalue weighted by Crippen LogP contribution is -2.32. The van der Waals surface area contributed by atoms with Gasteiger partial charge in [-0.15, -0.1) is 0 Å². The number of carboxylic acid groups (broad SMARTS) is 1. The van der Waals surface area contributed by atoms with E-state index in [4.69, 9.17) is 5.11 Å². The van der Waals surface area contributed by atoms with E-state index in [-0.39, 0.29) is 12.0 Å². The number of aliphatic carboxylic acids is 1. The fraction of sp³-hybridized carbons (Fsp3) is 0.897. The van der Waals surface area contributed by atoms with Crippen molar-refractivity contribution in [3.63, 3.8) is 0 Å². The van der Waals surface area contributed by atoms with E-state index in [0.717, 1.165) is 32.1 Å². The molecule has 0 saturated carbocycles. The number of carboxylic acids is 1. The van der Waals surface area contributed by atoms with Crippen molar-refractivity contribution in [1.82, 2.24) is 0 Å². The van der Waals surface area contributed by atoms with E-state index in [1.807, 2.05) is 6.92 Å². The molecule has 4 nitrogen and oxygen atoms in total. The Kier molecular flexibility index (Phi) is 13.3. The van der Waals surface area contributed by atoms with Crippen LogP contribution in [0, 0.1) is 35.5 Å². The molecule has 0 fully saturated rings. The predicted molar refractivity (Wildman–Crippen MR) is 138 cm³/mol. The molecule has 0 radical (unpaired) electrons. The van der Waals surface area contributed by atoms with E-state index in [0.29, 0.717) is 42.4 Å². The van der Waals surface area contributed by atoms with Crippen LogP contribution in [0.2, 0.25) is 0 Å². The Morgan fingerprint density at radius 1 is 0.909 bits per heavy atom. The summed E-state index contributed by atoms with van der Waals surface area (Å²) in [6.07, 6.45) is 13.0. The second-order valence-electron chi connectivity index (χ2n) is 11.9. The highest BCUT2D eigenvalue weighted by molar-refractivity contribution is 5.69. The molecule has 0 aliphatic heterocycles. The van der Waals surface area contributed by atoms with Crippen LogP contribution in [-0.4, -0.2) is 33.0 Å². The number of aliphatic hydroxyl groups excluding tert-OH is 1.